The summed E-state index contributed by atoms with van der Waals surface area (Å²) in [7, 11) is 0. The highest BCUT2D eigenvalue weighted by Crippen LogP contribution is 1.95. The number of imidazole rings is 1. The van der Waals surface area contributed by atoms with Crippen LogP contribution in [0.15, 0.2) is 30.1 Å². The lowest BCUT2D eigenvalue weighted by molar-refractivity contribution is 1.29. The molecule has 0 spiro atoms. The lowest BCUT2D eigenvalue weighted by Gasteiger charge is -1.88. The Morgan fingerprint density at radius 1 is 1.25 bits per heavy atom. The van der Waals surface area contributed by atoms with Gasteiger partial charge in [0.25, 0.3) is 0 Å². The summed E-state index contributed by atoms with van der Waals surface area (Å²) in [6.45, 7) is 2.07. The normalized spacial score (nSPS) is 27.6. The van der Waals surface area contributed by atoms with Gasteiger partial charge in [-0.15, -0.1) is 0 Å². The molecule has 0 bridgehead atoms. The smallest absolute Gasteiger partial charge is 0.0931 e. The van der Waals surface area contributed by atoms with Crippen LogP contribution in [-0.2, 0) is 0 Å². The maximum absolute atomic E-state index is 4.17. The van der Waals surface area contributed by atoms with Gasteiger partial charge in [-0.2, -0.15) is 0 Å². The van der Waals surface area contributed by atoms with Gasteiger partial charge in [-0.1, -0.05) is 23.8 Å². The molecular weight excluding hydrogens is 148 g/mol. The molecule has 0 atom stereocenters. The Labute approximate surface area is 70.7 Å². The van der Waals surface area contributed by atoms with Crippen LogP contribution >= 0.6 is 0 Å². The summed E-state index contributed by atoms with van der Waals surface area (Å²) in [5.74, 6) is 0. The van der Waals surface area contributed by atoms with Crippen LogP contribution < -0.4 is 10.7 Å². The molecule has 2 heteroatoms. The molecule has 0 saturated carbocycles. The number of aromatic amines is 1. The van der Waals surface area contributed by atoms with Crippen molar-refractivity contribution in [2.24, 2.45) is 0 Å². The summed E-state index contributed by atoms with van der Waals surface area (Å²) in [4.78, 5) is 7.23. The maximum atomic E-state index is 4.17. The number of hydrogen-bond donors (Lipinski definition) is 1. The molecule has 12 heavy (non-hydrogen) atoms. The van der Waals surface area contributed by atoms with Crippen LogP contribution in [0.5, 0.6) is 0 Å². The zero-order valence-corrected chi connectivity index (χ0v) is 6.91. The molecule has 1 aromatic rings. The Hall–Kier alpha value is -1.57. The van der Waals surface area contributed by atoms with Crippen LogP contribution in [0.1, 0.15) is 6.92 Å². The van der Waals surface area contributed by atoms with Gasteiger partial charge in [0.15, 0.2) is 0 Å². The first-order valence-electron chi connectivity index (χ1n) is 3.93. The SMILES string of the molecule is CC1=C/C=c2/nc[nH]/c2=C/C=C\1. The van der Waals surface area contributed by atoms with Gasteiger partial charge in [0.1, 0.15) is 0 Å². The van der Waals surface area contributed by atoms with E-state index in [0.717, 1.165) is 10.7 Å². The average molecular weight is 158 g/mol. The summed E-state index contributed by atoms with van der Waals surface area (Å²) in [6, 6.07) is 0. The third-order valence-electron chi connectivity index (χ3n) is 1.83. The van der Waals surface area contributed by atoms with Crippen molar-refractivity contribution >= 4 is 12.2 Å². The minimum absolute atomic E-state index is 0.999. The van der Waals surface area contributed by atoms with Gasteiger partial charge in [0, 0.05) is 0 Å². The summed E-state index contributed by atoms with van der Waals surface area (Å²) in [6.07, 6.45) is 11.9. The van der Waals surface area contributed by atoms with Crippen molar-refractivity contribution in [2.45, 2.75) is 6.92 Å². The van der Waals surface area contributed by atoms with Crippen LogP contribution in [0.25, 0.3) is 12.2 Å². The summed E-state index contributed by atoms with van der Waals surface area (Å²) in [5, 5.41) is 2.06. The van der Waals surface area contributed by atoms with Crippen molar-refractivity contribution in [1.29, 1.82) is 0 Å². The molecule has 1 heterocycles. The van der Waals surface area contributed by atoms with E-state index in [1.54, 1.807) is 6.33 Å². The molecule has 1 aliphatic carbocycles. The highest BCUT2D eigenvalue weighted by Gasteiger charge is 1.87. The van der Waals surface area contributed by atoms with Crippen molar-refractivity contribution in [3.8, 4) is 0 Å². The first kappa shape index (κ1) is 7.10. The third kappa shape index (κ3) is 1.23. The fourth-order valence-electron chi connectivity index (χ4n) is 1.14. The molecule has 1 aromatic heterocycles. The molecule has 60 valence electrons. The molecular formula is C10H10N2. The number of aromatic nitrogens is 2. The van der Waals surface area contributed by atoms with E-state index in [1.807, 2.05) is 18.2 Å². The predicted octanol–water partition coefficient (Wildman–Crippen LogP) is 0.487. The molecule has 0 unspecified atom stereocenters. The fourth-order valence-corrected chi connectivity index (χ4v) is 1.14. The summed E-state index contributed by atoms with van der Waals surface area (Å²) in [5.41, 5.74) is 1.24. The Bertz CT molecular complexity index is 446. The van der Waals surface area contributed by atoms with Crippen LogP contribution in [0.4, 0.5) is 0 Å². The Morgan fingerprint density at radius 3 is 3.08 bits per heavy atom. The highest BCUT2D eigenvalue weighted by molar-refractivity contribution is 5.47. The largest absolute Gasteiger partial charge is 0.345 e. The van der Waals surface area contributed by atoms with Gasteiger partial charge < -0.3 is 4.98 Å². The molecule has 0 aliphatic heterocycles. The first-order valence-corrected chi connectivity index (χ1v) is 3.93. The summed E-state index contributed by atoms with van der Waals surface area (Å²) >= 11 is 0. The molecule has 0 amide bonds. The van der Waals surface area contributed by atoms with E-state index in [9.17, 15) is 0 Å². The van der Waals surface area contributed by atoms with E-state index in [2.05, 4.69) is 29.0 Å². The van der Waals surface area contributed by atoms with E-state index in [0.29, 0.717) is 0 Å². The number of fused-ring (bicyclic) bond motifs is 1. The number of hydrogen-bond acceptors (Lipinski definition) is 1. The van der Waals surface area contributed by atoms with E-state index in [4.69, 9.17) is 0 Å². The zero-order valence-electron chi connectivity index (χ0n) is 6.91. The topological polar surface area (TPSA) is 28.7 Å². The van der Waals surface area contributed by atoms with E-state index in [1.165, 1.54) is 5.57 Å². The quantitative estimate of drug-likeness (QED) is 0.584. The van der Waals surface area contributed by atoms with Crippen molar-refractivity contribution in [2.75, 3.05) is 0 Å². The molecule has 0 fully saturated rings. The maximum Gasteiger partial charge on any atom is 0.0931 e. The molecule has 1 aliphatic rings. The van der Waals surface area contributed by atoms with Crippen LogP contribution in [0.2, 0.25) is 0 Å². The minimum Gasteiger partial charge on any atom is -0.345 e. The van der Waals surface area contributed by atoms with Gasteiger partial charge in [-0.05, 0) is 19.1 Å². The number of nitrogens with one attached hydrogen (secondary N) is 1. The number of nitrogens with zero attached hydrogens (tertiary/aromatic N) is 1. The molecule has 0 radical (unpaired) electrons. The van der Waals surface area contributed by atoms with E-state index < -0.39 is 0 Å². The number of allylic oxidation sites excluding steroid dienone is 4. The summed E-state index contributed by atoms with van der Waals surface area (Å²) < 4.78 is 0. The third-order valence-corrected chi connectivity index (χ3v) is 1.83. The molecule has 1 N–H and O–H groups in total. The first-order chi connectivity index (χ1) is 5.86. The minimum atomic E-state index is 0.999. The second-order valence-electron chi connectivity index (χ2n) is 2.80. The lowest BCUT2D eigenvalue weighted by Crippen LogP contribution is -2.23. The number of rotatable bonds is 0. The Morgan fingerprint density at radius 2 is 2.17 bits per heavy atom. The molecule has 2 nitrogen and oxygen atoms in total. The average Bonchev–Trinajstić information content (AvgIpc) is 2.45. The van der Waals surface area contributed by atoms with Crippen molar-refractivity contribution < 1.29 is 0 Å². The van der Waals surface area contributed by atoms with Gasteiger partial charge in [-0.3, -0.25) is 0 Å². The fraction of sp³-hybridized carbons (Fsp3) is 0.100. The van der Waals surface area contributed by atoms with Crippen molar-refractivity contribution in [3.63, 3.8) is 0 Å². The molecule has 2 rings (SSSR count). The Kier molecular flexibility index (Phi) is 1.67. The highest BCUT2D eigenvalue weighted by atomic mass is 14.8. The van der Waals surface area contributed by atoms with E-state index in [-0.39, 0.29) is 0 Å². The Balaban J connectivity index is 2.74. The van der Waals surface area contributed by atoms with Gasteiger partial charge >= 0.3 is 0 Å². The molecule has 0 saturated heterocycles. The van der Waals surface area contributed by atoms with Gasteiger partial charge in [0.2, 0.25) is 0 Å². The van der Waals surface area contributed by atoms with Crippen LogP contribution in [-0.4, -0.2) is 9.97 Å². The second-order valence-corrected chi connectivity index (χ2v) is 2.80. The van der Waals surface area contributed by atoms with Crippen LogP contribution in [0, 0.1) is 0 Å². The van der Waals surface area contributed by atoms with E-state index >= 15 is 0 Å². The molecule has 0 aromatic carbocycles. The number of H-pyrrole nitrogens is 1. The van der Waals surface area contributed by atoms with Gasteiger partial charge in [-0.25, -0.2) is 4.98 Å². The van der Waals surface area contributed by atoms with Crippen molar-refractivity contribution in [3.05, 3.63) is 40.8 Å². The van der Waals surface area contributed by atoms with Crippen LogP contribution in [0.3, 0.4) is 0 Å². The zero-order chi connectivity index (χ0) is 8.39. The second kappa shape index (κ2) is 2.81. The predicted molar refractivity (Wildman–Crippen MR) is 49.7 cm³/mol. The van der Waals surface area contributed by atoms with Gasteiger partial charge in [0.05, 0.1) is 17.0 Å². The monoisotopic (exact) mass is 158 g/mol. The lowest BCUT2D eigenvalue weighted by atomic mass is 10.2. The standard InChI is InChI=1S/C10H10N2/c1-8-3-2-4-9-10(6-5-8)12-7-11-9/h2-7H,1H3,(H,11,12)/b3-2-,4-2?,6-5?,8-3?,8-5-,9-4+,10-6+. The van der Waals surface area contributed by atoms with Crippen molar-refractivity contribution in [1.82, 2.24) is 9.97 Å².